The number of likely N-dealkylation sites (N-methyl/N-ethyl adjacent to an activating group) is 1. The molecule has 1 aromatic carbocycles. The molecule has 0 aromatic heterocycles. The van der Waals surface area contributed by atoms with E-state index in [9.17, 15) is 13.5 Å². The largest absolute Gasteiger partial charge is 0.497 e. The zero-order chi connectivity index (χ0) is 14.8. The zero-order valence-corrected chi connectivity index (χ0v) is 12.6. The first kappa shape index (κ1) is 15.3. The molecule has 0 radical (unpaired) electrons. The van der Waals surface area contributed by atoms with Crippen molar-refractivity contribution >= 4 is 10.0 Å². The summed E-state index contributed by atoms with van der Waals surface area (Å²) < 4.78 is 31.4. The van der Waals surface area contributed by atoms with Crippen molar-refractivity contribution in [1.82, 2.24) is 4.31 Å². The first-order chi connectivity index (χ1) is 9.46. The third-order valence-electron chi connectivity index (χ3n) is 3.90. The predicted molar refractivity (Wildman–Crippen MR) is 76.2 cm³/mol. The Bertz CT molecular complexity index is 541. The monoisotopic (exact) mass is 299 g/mol. The SMILES string of the molecule is COc1ccc(S(=O)(=O)N(C)[C@H]2CCCC[C@H]2O)cc1. The average molecular weight is 299 g/mol. The highest BCUT2D eigenvalue weighted by atomic mass is 32.2. The summed E-state index contributed by atoms with van der Waals surface area (Å²) in [5, 5.41) is 10.0. The van der Waals surface area contributed by atoms with E-state index in [1.807, 2.05) is 0 Å². The standard InChI is InChI=1S/C14H21NO4S/c1-15(13-5-3-4-6-14(13)16)20(17,18)12-9-7-11(19-2)8-10-12/h7-10,13-14,16H,3-6H2,1-2H3/t13-,14+/m0/s1. The third kappa shape index (κ3) is 2.97. The molecule has 0 unspecified atom stereocenters. The maximum absolute atomic E-state index is 12.6. The van der Waals surface area contributed by atoms with Gasteiger partial charge in [0.05, 0.1) is 24.2 Å². The van der Waals surface area contributed by atoms with Gasteiger partial charge in [-0.2, -0.15) is 4.31 Å². The number of aliphatic hydroxyl groups excluding tert-OH is 1. The van der Waals surface area contributed by atoms with E-state index in [4.69, 9.17) is 4.74 Å². The fourth-order valence-electron chi connectivity index (χ4n) is 2.61. The number of ether oxygens (including phenoxy) is 1. The molecule has 6 heteroatoms. The van der Waals surface area contributed by atoms with E-state index in [2.05, 4.69) is 0 Å². The normalized spacial score (nSPS) is 23.8. The number of rotatable bonds is 4. The van der Waals surface area contributed by atoms with E-state index >= 15 is 0 Å². The number of nitrogens with zero attached hydrogens (tertiary/aromatic N) is 1. The molecule has 0 spiro atoms. The van der Waals surface area contributed by atoms with Gasteiger partial charge in [0.2, 0.25) is 10.0 Å². The molecule has 2 rings (SSSR count). The molecule has 1 N–H and O–H groups in total. The molecule has 5 nitrogen and oxygen atoms in total. The van der Waals surface area contributed by atoms with E-state index in [1.54, 1.807) is 19.2 Å². The minimum absolute atomic E-state index is 0.221. The topological polar surface area (TPSA) is 66.8 Å². The van der Waals surface area contributed by atoms with Gasteiger partial charge < -0.3 is 9.84 Å². The van der Waals surface area contributed by atoms with Crippen LogP contribution in [0.5, 0.6) is 5.75 Å². The number of hydrogen-bond donors (Lipinski definition) is 1. The summed E-state index contributed by atoms with van der Waals surface area (Å²) in [6.45, 7) is 0. The second-order valence-electron chi connectivity index (χ2n) is 5.12. The van der Waals surface area contributed by atoms with Crippen molar-refractivity contribution < 1.29 is 18.3 Å². The predicted octanol–water partition coefficient (Wildman–Crippen LogP) is 1.62. The molecule has 0 bridgehead atoms. The van der Waals surface area contributed by atoms with Crippen LogP contribution in [0.3, 0.4) is 0 Å². The lowest BCUT2D eigenvalue weighted by Crippen LogP contribution is -2.46. The molecular weight excluding hydrogens is 278 g/mol. The van der Waals surface area contributed by atoms with Crippen LogP contribution < -0.4 is 4.74 Å². The number of aliphatic hydroxyl groups is 1. The lowest BCUT2D eigenvalue weighted by molar-refractivity contribution is 0.0638. The van der Waals surface area contributed by atoms with Crippen LogP contribution in [0.15, 0.2) is 29.2 Å². The van der Waals surface area contributed by atoms with Crippen LogP contribution in [0.4, 0.5) is 0 Å². The summed E-state index contributed by atoms with van der Waals surface area (Å²) in [6.07, 6.45) is 2.68. The van der Waals surface area contributed by atoms with Crippen molar-refractivity contribution in [2.24, 2.45) is 0 Å². The minimum Gasteiger partial charge on any atom is -0.497 e. The summed E-state index contributed by atoms with van der Waals surface area (Å²) in [7, 11) is -0.503. The molecule has 1 aliphatic rings. The first-order valence-electron chi connectivity index (χ1n) is 6.77. The smallest absolute Gasteiger partial charge is 0.243 e. The molecule has 1 saturated carbocycles. The Morgan fingerprint density at radius 1 is 1.20 bits per heavy atom. The van der Waals surface area contributed by atoms with Gasteiger partial charge in [0, 0.05) is 7.05 Å². The maximum atomic E-state index is 12.6. The Morgan fingerprint density at radius 2 is 1.80 bits per heavy atom. The van der Waals surface area contributed by atoms with Gasteiger partial charge in [-0.15, -0.1) is 0 Å². The number of benzene rings is 1. The molecule has 112 valence electrons. The lowest BCUT2D eigenvalue weighted by Gasteiger charge is -2.34. The molecule has 0 aliphatic heterocycles. The number of sulfonamides is 1. The highest BCUT2D eigenvalue weighted by Crippen LogP contribution is 2.27. The van der Waals surface area contributed by atoms with Gasteiger partial charge in [-0.3, -0.25) is 0 Å². The van der Waals surface area contributed by atoms with Crippen LogP contribution in [0.2, 0.25) is 0 Å². The van der Waals surface area contributed by atoms with Gasteiger partial charge in [0.25, 0.3) is 0 Å². The molecule has 0 saturated heterocycles. The lowest BCUT2D eigenvalue weighted by atomic mass is 9.93. The molecule has 1 aromatic rings. The van der Waals surface area contributed by atoms with Crippen molar-refractivity contribution in [3.05, 3.63) is 24.3 Å². The van der Waals surface area contributed by atoms with Crippen molar-refractivity contribution in [1.29, 1.82) is 0 Å². The Morgan fingerprint density at radius 3 is 2.35 bits per heavy atom. The van der Waals surface area contributed by atoms with Crippen molar-refractivity contribution in [2.75, 3.05) is 14.2 Å². The molecule has 1 fully saturated rings. The fraction of sp³-hybridized carbons (Fsp3) is 0.571. The zero-order valence-electron chi connectivity index (χ0n) is 11.8. The summed E-state index contributed by atoms with van der Waals surface area (Å²) in [4.78, 5) is 0.221. The van der Waals surface area contributed by atoms with Gasteiger partial charge in [0.1, 0.15) is 5.75 Å². The molecule has 20 heavy (non-hydrogen) atoms. The van der Waals surface area contributed by atoms with Crippen molar-refractivity contribution in [3.63, 3.8) is 0 Å². The van der Waals surface area contributed by atoms with Gasteiger partial charge in [-0.05, 0) is 37.1 Å². The molecule has 0 heterocycles. The van der Waals surface area contributed by atoms with Crippen molar-refractivity contribution in [3.8, 4) is 5.75 Å². The fourth-order valence-corrected chi connectivity index (χ4v) is 4.02. The Hall–Kier alpha value is -1.11. The highest BCUT2D eigenvalue weighted by Gasteiger charge is 2.34. The Balaban J connectivity index is 2.23. The van der Waals surface area contributed by atoms with Crippen LogP contribution in [-0.4, -0.2) is 44.1 Å². The second-order valence-corrected chi connectivity index (χ2v) is 7.11. The van der Waals surface area contributed by atoms with Crippen LogP contribution in [0.25, 0.3) is 0 Å². The van der Waals surface area contributed by atoms with E-state index in [0.717, 1.165) is 12.8 Å². The maximum Gasteiger partial charge on any atom is 0.243 e. The van der Waals surface area contributed by atoms with E-state index < -0.39 is 16.1 Å². The van der Waals surface area contributed by atoms with Crippen LogP contribution in [-0.2, 0) is 10.0 Å². The molecule has 1 aliphatic carbocycles. The van der Waals surface area contributed by atoms with E-state index in [0.29, 0.717) is 18.6 Å². The number of hydrogen-bond acceptors (Lipinski definition) is 4. The molecular formula is C14H21NO4S. The van der Waals surface area contributed by atoms with Gasteiger partial charge in [-0.25, -0.2) is 8.42 Å². The average Bonchev–Trinajstić information content (AvgIpc) is 2.47. The van der Waals surface area contributed by atoms with Crippen LogP contribution >= 0.6 is 0 Å². The Labute approximate surface area is 120 Å². The van der Waals surface area contributed by atoms with E-state index in [1.165, 1.54) is 23.5 Å². The minimum atomic E-state index is -3.58. The number of methoxy groups -OCH3 is 1. The van der Waals surface area contributed by atoms with Crippen LogP contribution in [0, 0.1) is 0 Å². The van der Waals surface area contributed by atoms with E-state index in [-0.39, 0.29) is 10.9 Å². The second kappa shape index (κ2) is 6.11. The Kier molecular flexibility index (Phi) is 4.67. The highest BCUT2D eigenvalue weighted by molar-refractivity contribution is 7.89. The summed E-state index contributed by atoms with van der Waals surface area (Å²) in [6, 6.07) is 5.96. The van der Waals surface area contributed by atoms with Crippen molar-refractivity contribution in [2.45, 2.75) is 42.7 Å². The third-order valence-corrected chi connectivity index (χ3v) is 5.79. The summed E-state index contributed by atoms with van der Waals surface area (Å²) >= 11 is 0. The first-order valence-corrected chi connectivity index (χ1v) is 8.21. The quantitative estimate of drug-likeness (QED) is 0.917. The summed E-state index contributed by atoms with van der Waals surface area (Å²) in [5.41, 5.74) is 0. The van der Waals surface area contributed by atoms with Crippen LogP contribution in [0.1, 0.15) is 25.7 Å². The molecule has 2 atom stereocenters. The summed E-state index contributed by atoms with van der Waals surface area (Å²) in [5.74, 6) is 0.615. The van der Waals surface area contributed by atoms with Gasteiger partial charge in [-0.1, -0.05) is 12.8 Å². The van der Waals surface area contributed by atoms with Gasteiger partial charge >= 0.3 is 0 Å². The molecule has 0 amide bonds. The van der Waals surface area contributed by atoms with Gasteiger partial charge in [0.15, 0.2) is 0 Å².